The molecule has 1 saturated heterocycles. The van der Waals surface area contributed by atoms with Crippen LogP contribution in [-0.2, 0) is 9.59 Å². The van der Waals surface area contributed by atoms with Crippen molar-refractivity contribution in [3.63, 3.8) is 0 Å². The van der Waals surface area contributed by atoms with Crippen molar-refractivity contribution in [3.8, 4) is 0 Å². The molecule has 1 heterocycles. The smallest absolute Gasteiger partial charge is 0.228 e. The van der Waals surface area contributed by atoms with Crippen LogP contribution in [-0.4, -0.2) is 37.0 Å². The SMILES string of the molecule is CC1CC1NC(=O)CC1(C(=O)NC2CC2C)CCNC1. The highest BCUT2D eigenvalue weighted by atomic mass is 16.2. The molecule has 3 fully saturated rings. The van der Waals surface area contributed by atoms with Gasteiger partial charge in [0.15, 0.2) is 0 Å². The third-order valence-electron chi connectivity index (χ3n) is 5.11. The minimum absolute atomic E-state index is 0.0297. The highest BCUT2D eigenvalue weighted by molar-refractivity contribution is 5.90. The zero-order chi connectivity index (χ0) is 14.3. The lowest BCUT2D eigenvalue weighted by molar-refractivity contribution is -0.135. The number of hydrogen-bond donors (Lipinski definition) is 3. The zero-order valence-corrected chi connectivity index (χ0v) is 12.4. The van der Waals surface area contributed by atoms with Crippen molar-refractivity contribution < 1.29 is 9.59 Å². The number of hydrogen-bond acceptors (Lipinski definition) is 3. The molecule has 0 aromatic carbocycles. The van der Waals surface area contributed by atoms with Crippen LogP contribution in [0, 0.1) is 17.3 Å². The molecule has 0 bridgehead atoms. The van der Waals surface area contributed by atoms with E-state index in [0.29, 0.717) is 36.9 Å². The first-order valence-electron chi connectivity index (χ1n) is 7.81. The van der Waals surface area contributed by atoms with Gasteiger partial charge in [0.05, 0.1) is 5.41 Å². The monoisotopic (exact) mass is 279 g/mol. The quantitative estimate of drug-likeness (QED) is 0.682. The van der Waals surface area contributed by atoms with Crippen molar-refractivity contribution in [1.82, 2.24) is 16.0 Å². The molecule has 3 N–H and O–H groups in total. The van der Waals surface area contributed by atoms with E-state index in [0.717, 1.165) is 25.8 Å². The number of amides is 2. The second-order valence-corrected chi connectivity index (χ2v) is 7.06. The molecule has 112 valence electrons. The van der Waals surface area contributed by atoms with Gasteiger partial charge >= 0.3 is 0 Å². The summed E-state index contributed by atoms with van der Waals surface area (Å²) >= 11 is 0. The molecule has 2 saturated carbocycles. The molecular weight excluding hydrogens is 254 g/mol. The molecular formula is C15H25N3O2. The summed E-state index contributed by atoms with van der Waals surface area (Å²) in [6, 6.07) is 0.659. The molecule has 5 unspecified atom stereocenters. The molecule has 3 rings (SSSR count). The van der Waals surface area contributed by atoms with Gasteiger partial charge in [-0.15, -0.1) is 0 Å². The van der Waals surface area contributed by atoms with Crippen LogP contribution in [0.25, 0.3) is 0 Å². The molecule has 5 atom stereocenters. The fraction of sp³-hybridized carbons (Fsp3) is 0.867. The standard InChI is InChI=1S/C15H25N3O2/c1-9-5-11(9)17-13(19)7-15(3-4-16-8-15)14(20)18-12-6-10(12)2/h9-12,16H,3-8H2,1-2H3,(H,17,19)(H,18,20). The maximum atomic E-state index is 12.5. The fourth-order valence-corrected chi connectivity index (χ4v) is 3.10. The van der Waals surface area contributed by atoms with Crippen molar-refractivity contribution in [1.29, 1.82) is 0 Å². The number of carbonyl (C=O) groups is 2. The van der Waals surface area contributed by atoms with Gasteiger partial charge in [-0.3, -0.25) is 9.59 Å². The van der Waals surface area contributed by atoms with Crippen LogP contribution in [0.5, 0.6) is 0 Å². The third kappa shape index (κ3) is 2.82. The minimum Gasteiger partial charge on any atom is -0.353 e. The van der Waals surface area contributed by atoms with Crippen molar-refractivity contribution >= 4 is 11.8 Å². The lowest BCUT2D eigenvalue weighted by Gasteiger charge is -2.26. The summed E-state index contributed by atoms with van der Waals surface area (Å²) < 4.78 is 0. The summed E-state index contributed by atoms with van der Waals surface area (Å²) in [5.74, 6) is 1.28. The average molecular weight is 279 g/mol. The highest BCUT2D eigenvalue weighted by Crippen LogP contribution is 2.35. The van der Waals surface area contributed by atoms with Crippen LogP contribution in [0.15, 0.2) is 0 Å². The molecule has 0 aromatic rings. The van der Waals surface area contributed by atoms with Gasteiger partial charge in [-0.25, -0.2) is 0 Å². The highest BCUT2D eigenvalue weighted by Gasteiger charge is 2.46. The molecule has 5 nitrogen and oxygen atoms in total. The van der Waals surface area contributed by atoms with Crippen LogP contribution in [0.1, 0.15) is 39.5 Å². The Morgan fingerprint density at radius 3 is 2.25 bits per heavy atom. The first-order chi connectivity index (χ1) is 9.50. The van der Waals surface area contributed by atoms with E-state index in [-0.39, 0.29) is 11.8 Å². The second-order valence-electron chi connectivity index (χ2n) is 7.06. The van der Waals surface area contributed by atoms with E-state index in [1.807, 2.05) is 0 Å². The third-order valence-corrected chi connectivity index (χ3v) is 5.11. The molecule has 1 aliphatic heterocycles. The molecule has 3 aliphatic rings. The van der Waals surface area contributed by atoms with Crippen LogP contribution in [0.2, 0.25) is 0 Å². The van der Waals surface area contributed by atoms with Crippen molar-refractivity contribution in [2.75, 3.05) is 13.1 Å². The Morgan fingerprint density at radius 2 is 1.75 bits per heavy atom. The van der Waals surface area contributed by atoms with Crippen LogP contribution < -0.4 is 16.0 Å². The first kappa shape index (κ1) is 13.9. The van der Waals surface area contributed by atoms with Gasteiger partial charge in [0, 0.05) is 25.0 Å². The normalized spacial score (nSPS) is 42.1. The van der Waals surface area contributed by atoms with E-state index in [9.17, 15) is 9.59 Å². The van der Waals surface area contributed by atoms with E-state index in [2.05, 4.69) is 29.8 Å². The average Bonchev–Trinajstić information content (AvgIpc) is 3.19. The molecule has 0 spiro atoms. The van der Waals surface area contributed by atoms with Crippen molar-refractivity contribution in [2.24, 2.45) is 17.3 Å². The van der Waals surface area contributed by atoms with Crippen LogP contribution in [0.4, 0.5) is 0 Å². The van der Waals surface area contributed by atoms with E-state index < -0.39 is 5.41 Å². The summed E-state index contributed by atoms with van der Waals surface area (Å²) in [6.45, 7) is 5.72. The lowest BCUT2D eigenvalue weighted by Crippen LogP contribution is -2.47. The minimum atomic E-state index is -0.537. The van der Waals surface area contributed by atoms with Gasteiger partial charge in [0.2, 0.25) is 11.8 Å². The largest absolute Gasteiger partial charge is 0.353 e. The van der Waals surface area contributed by atoms with E-state index in [4.69, 9.17) is 0 Å². The van der Waals surface area contributed by atoms with Crippen molar-refractivity contribution in [2.45, 2.75) is 51.6 Å². The summed E-state index contributed by atoms with van der Waals surface area (Å²) in [7, 11) is 0. The number of rotatable bonds is 5. The summed E-state index contributed by atoms with van der Waals surface area (Å²) in [5.41, 5.74) is -0.537. The van der Waals surface area contributed by atoms with Gasteiger partial charge < -0.3 is 16.0 Å². The first-order valence-corrected chi connectivity index (χ1v) is 7.81. The molecule has 0 radical (unpaired) electrons. The fourth-order valence-electron chi connectivity index (χ4n) is 3.10. The molecule has 0 aromatic heterocycles. The Bertz CT molecular complexity index is 417. The molecule has 2 amide bonds. The van der Waals surface area contributed by atoms with Gasteiger partial charge in [-0.05, 0) is 37.6 Å². The number of nitrogens with one attached hydrogen (secondary N) is 3. The summed E-state index contributed by atoms with van der Waals surface area (Å²) in [5, 5.41) is 9.39. The zero-order valence-electron chi connectivity index (χ0n) is 12.4. The summed E-state index contributed by atoms with van der Waals surface area (Å²) in [4.78, 5) is 24.7. The van der Waals surface area contributed by atoms with E-state index >= 15 is 0 Å². The van der Waals surface area contributed by atoms with E-state index in [1.54, 1.807) is 0 Å². The van der Waals surface area contributed by atoms with Gasteiger partial charge in [-0.1, -0.05) is 13.8 Å². The predicted molar refractivity (Wildman–Crippen MR) is 76.0 cm³/mol. The maximum Gasteiger partial charge on any atom is 0.228 e. The Labute approximate surface area is 120 Å². The Hall–Kier alpha value is -1.10. The van der Waals surface area contributed by atoms with Crippen molar-refractivity contribution in [3.05, 3.63) is 0 Å². The van der Waals surface area contributed by atoms with Gasteiger partial charge in [-0.2, -0.15) is 0 Å². The molecule has 2 aliphatic carbocycles. The molecule has 20 heavy (non-hydrogen) atoms. The molecule has 5 heteroatoms. The Balaban J connectivity index is 1.58. The Morgan fingerprint density at radius 1 is 1.15 bits per heavy atom. The topological polar surface area (TPSA) is 70.2 Å². The van der Waals surface area contributed by atoms with E-state index in [1.165, 1.54) is 0 Å². The lowest BCUT2D eigenvalue weighted by atomic mass is 9.82. The summed E-state index contributed by atoms with van der Waals surface area (Å²) in [6.07, 6.45) is 3.22. The van der Waals surface area contributed by atoms with Crippen LogP contribution >= 0.6 is 0 Å². The van der Waals surface area contributed by atoms with Crippen LogP contribution in [0.3, 0.4) is 0 Å². The predicted octanol–water partition coefficient (Wildman–Crippen LogP) is 0.405. The second kappa shape index (κ2) is 5.02. The Kier molecular flexibility index (Phi) is 3.48. The van der Waals surface area contributed by atoms with Gasteiger partial charge in [0.25, 0.3) is 0 Å². The number of carbonyl (C=O) groups excluding carboxylic acids is 2. The maximum absolute atomic E-state index is 12.5. The van der Waals surface area contributed by atoms with Gasteiger partial charge in [0.1, 0.15) is 0 Å².